The Bertz CT molecular complexity index is 526. The summed E-state index contributed by atoms with van der Waals surface area (Å²) in [5.74, 6) is 3.00. The van der Waals surface area contributed by atoms with Gasteiger partial charge in [-0.05, 0) is 13.8 Å². The van der Waals surface area contributed by atoms with Crippen molar-refractivity contribution in [1.82, 2.24) is 20.1 Å². The molecule has 0 saturated carbocycles. The van der Waals surface area contributed by atoms with Gasteiger partial charge in [-0.3, -0.25) is 0 Å². The second-order valence-electron chi connectivity index (χ2n) is 3.65. The SMILES string of the molecule is CCOc1cc(NCc2noc(C)n2)nc(C)n1. The molecule has 0 amide bonds. The van der Waals surface area contributed by atoms with Gasteiger partial charge in [0.15, 0.2) is 5.82 Å². The highest BCUT2D eigenvalue weighted by molar-refractivity contribution is 5.38. The molecule has 2 aromatic heterocycles. The highest BCUT2D eigenvalue weighted by Gasteiger charge is 2.05. The van der Waals surface area contributed by atoms with E-state index in [1.54, 1.807) is 13.0 Å². The Kier molecular flexibility index (Phi) is 3.71. The van der Waals surface area contributed by atoms with Crippen molar-refractivity contribution in [2.45, 2.75) is 27.3 Å². The second-order valence-corrected chi connectivity index (χ2v) is 3.65. The van der Waals surface area contributed by atoms with E-state index in [0.717, 1.165) is 0 Å². The second kappa shape index (κ2) is 5.44. The molecule has 2 aromatic rings. The van der Waals surface area contributed by atoms with Gasteiger partial charge in [0.05, 0.1) is 13.2 Å². The van der Waals surface area contributed by atoms with Crippen LogP contribution in [0.3, 0.4) is 0 Å². The van der Waals surface area contributed by atoms with E-state index in [9.17, 15) is 0 Å². The fourth-order valence-electron chi connectivity index (χ4n) is 1.44. The van der Waals surface area contributed by atoms with E-state index < -0.39 is 0 Å². The highest BCUT2D eigenvalue weighted by Crippen LogP contribution is 2.13. The summed E-state index contributed by atoms with van der Waals surface area (Å²) in [4.78, 5) is 12.5. The smallest absolute Gasteiger partial charge is 0.223 e. The largest absolute Gasteiger partial charge is 0.478 e. The van der Waals surface area contributed by atoms with Crippen LogP contribution in [0.1, 0.15) is 24.5 Å². The quantitative estimate of drug-likeness (QED) is 0.858. The van der Waals surface area contributed by atoms with Gasteiger partial charge in [-0.1, -0.05) is 5.16 Å². The van der Waals surface area contributed by atoms with Crippen LogP contribution in [0.2, 0.25) is 0 Å². The first-order chi connectivity index (χ1) is 8.67. The van der Waals surface area contributed by atoms with Crippen LogP contribution in [0.4, 0.5) is 5.82 Å². The number of anilines is 1. The lowest BCUT2D eigenvalue weighted by molar-refractivity contribution is 0.325. The maximum absolute atomic E-state index is 5.34. The van der Waals surface area contributed by atoms with Crippen LogP contribution in [-0.2, 0) is 6.54 Å². The number of nitrogens with one attached hydrogen (secondary N) is 1. The summed E-state index contributed by atoms with van der Waals surface area (Å²) in [6.07, 6.45) is 0. The van der Waals surface area contributed by atoms with Crippen LogP contribution in [0, 0.1) is 13.8 Å². The predicted octanol–water partition coefficient (Wildman–Crippen LogP) is 1.49. The third kappa shape index (κ3) is 3.16. The first-order valence-corrected chi connectivity index (χ1v) is 5.69. The van der Waals surface area contributed by atoms with Gasteiger partial charge in [0, 0.05) is 13.0 Å². The van der Waals surface area contributed by atoms with Crippen molar-refractivity contribution in [1.29, 1.82) is 0 Å². The number of rotatable bonds is 5. The molecule has 7 nitrogen and oxygen atoms in total. The molecule has 0 radical (unpaired) electrons. The van der Waals surface area contributed by atoms with Crippen molar-refractivity contribution < 1.29 is 9.26 Å². The van der Waals surface area contributed by atoms with Gasteiger partial charge in [0.25, 0.3) is 0 Å². The van der Waals surface area contributed by atoms with E-state index in [-0.39, 0.29) is 0 Å². The van der Waals surface area contributed by atoms with Crippen LogP contribution in [0.25, 0.3) is 0 Å². The van der Waals surface area contributed by atoms with E-state index in [0.29, 0.717) is 42.4 Å². The minimum atomic E-state index is 0.444. The van der Waals surface area contributed by atoms with Crippen LogP contribution < -0.4 is 10.1 Å². The molecule has 18 heavy (non-hydrogen) atoms. The van der Waals surface area contributed by atoms with E-state index in [1.807, 2.05) is 13.8 Å². The zero-order chi connectivity index (χ0) is 13.0. The zero-order valence-corrected chi connectivity index (χ0v) is 10.6. The molecule has 1 N–H and O–H groups in total. The third-order valence-electron chi connectivity index (χ3n) is 2.10. The number of aromatic nitrogens is 4. The topological polar surface area (TPSA) is 86.0 Å². The zero-order valence-electron chi connectivity index (χ0n) is 10.6. The molecule has 0 atom stereocenters. The number of ether oxygens (including phenoxy) is 1. The summed E-state index contributed by atoms with van der Waals surface area (Å²) in [6.45, 7) is 6.48. The van der Waals surface area contributed by atoms with Crippen molar-refractivity contribution in [3.05, 3.63) is 23.6 Å². The van der Waals surface area contributed by atoms with Gasteiger partial charge in [0.2, 0.25) is 11.8 Å². The average Bonchev–Trinajstić information content (AvgIpc) is 2.72. The van der Waals surface area contributed by atoms with Gasteiger partial charge in [-0.2, -0.15) is 9.97 Å². The van der Waals surface area contributed by atoms with Crippen LogP contribution in [-0.4, -0.2) is 26.7 Å². The maximum atomic E-state index is 5.34. The minimum absolute atomic E-state index is 0.444. The van der Waals surface area contributed by atoms with Crippen LogP contribution in [0.15, 0.2) is 10.6 Å². The molecular formula is C11H15N5O2. The molecule has 0 aliphatic carbocycles. The number of hydrogen-bond acceptors (Lipinski definition) is 7. The molecule has 0 bridgehead atoms. The fraction of sp³-hybridized carbons (Fsp3) is 0.455. The summed E-state index contributed by atoms with van der Waals surface area (Å²) in [7, 11) is 0. The molecular weight excluding hydrogens is 234 g/mol. The highest BCUT2D eigenvalue weighted by atomic mass is 16.5. The molecule has 0 unspecified atom stereocenters. The Morgan fingerprint density at radius 3 is 2.78 bits per heavy atom. The normalized spacial score (nSPS) is 10.4. The van der Waals surface area contributed by atoms with E-state index in [1.165, 1.54) is 0 Å². The monoisotopic (exact) mass is 249 g/mol. The Morgan fingerprint density at radius 2 is 2.11 bits per heavy atom. The molecule has 2 heterocycles. The molecule has 0 aliphatic heterocycles. The summed E-state index contributed by atoms with van der Waals surface area (Å²) in [5, 5.41) is 6.89. The number of aryl methyl sites for hydroxylation is 2. The summed E-state index contributed by atoms with van der Waals surface area (Å²) < 4.78 is 10.2. The van der Waals surface area contributed by atoms with Crippen molar-refractivity contribution in [3.8, 4) is 5.88 Å². The van der Waals surface area contributed by atoms with Gasteiger partial charge in [-0.25, -0.2) is 4.98 Å². The first kappa shape index (κ1) is 12.3. The average molecular weight is 249 g/mol. The maximum Gasteiger partial charge on any atom is 0.223 e. The lowest BCUT2D eigenvalue weighted by atomic mass is 10.5. The van der Waals surface area contributed by atoms with Crippen molar-refractivity contribution in [3.63, 3.8) is 0 Å². The minimum Gasteiger partial charge on any atom is -0.478 e. The van der Waals surface area contributed by atoms with Gasteiger partial charge in [-0.15, -0.1) is 0 Å². The fourth-order valence-corrected chi connectivity index (χ4v) is 1.44. The van der Waals surface area contributed by atoms with Gasteiger partial charge < -0.3 is 14.6 Å². The Morgan fingerprint density at radius 1 is 1.28 bits per heavy atom. The molecule has 0 saturated heterocycles. The van der Waals surface area contributed by atoms with E-state index in [4.69, 9.17) is 9.26 Å². The van der Waals surface area contributed by atoms with Gasteiger partial charge in [0.1, 0.15) is 11.6 Å². The van der Waals surface area contributed by atoms with Crippen molar-refractivity contribution in [2.75, 3.05) is 11.9 Å². The van der Waals surface area contributed by atoms with Crippen LogP contribution >= 0.6 is 0 Å². The predicted molar refractivity (Wildman–Crippen MR) is 64.3 cm³/mol. The van der Waals surface area contributed by atoms with Crippen molar-refractivity contribution >= 4 is 5.82 Å². The lowest BCUT2D eigenvalue weighted by Crippen LogP contribution is -2.06. The molecule has 0 aliphatic rings. The van der Waals surface area contributed by atoms with Crippen LogP contribution in [0.5, 0.6) is 5.88 Å². The molecule has 0 spiro atoms. The molecule has 0 fully saturated rings. The summed E-state index contributed by atoms with van der Waals surface area (Å²) in [5.41, 5.74) is 0. The van der Waals surface area contributed by atoms with E-state index >= 15 is 0 Å². The Labute approximate surface area is 105 Å². The molecule has 0 aromatic carbocycles. The molecule has 96 valence electrons. The number of hydrogen-bond donors (Lipinski definition) is 1. The Hall–Kier alpha value is -2.18. The molecule has 2 rings (SSSR count). The number of nitrogens with zero attached hydrogens (tertiary/aromatic N) is 4. The van der Waals surface area contributed by atoms with E-state index in [2.05, 4.69) is 25.4 Å². The lowest BCUT2D eigenvalue weighted by Gasteiger charge is -2.07. The molecule has 7 heteroatoms. The summed E-state index contributed by atoms with van der Waals surface area (Å²) in [6, 6.07) is 1.74. The standard InChI is InChI=1S/C11H15N5O2/c1-4-17-11-5-9(13-7(2)14-11)12-6-10-15-8(3)18-16-10/h5H,4,6H2,1-3H3,(H,12,13,14). The van der Waals surface area contributed by atoms with Gasteiger partial charge >= 0.3 is 0 Å². The third-order valence-corrected chi connectivity index (χ3v) is 2.10. The summed E-state index contributed by atoms with van der Waals surface area (Å²) >= 11 is 0. The first-order valence-electron chi connectivity index (χ1n) is 5.69. The van der Waals surface area contributed by atoms with Crippen molar-refractivity contribution in [2.24, 2.45) is 0 Å². The Balaban J connectivity index is 2.04.